The van der Waals surface area contributed by atoms with E-state index in [0.717, 1.165) is 40.8 Å². The summed E-state index contributed by atoms with van der Waals surface area (Å²) in [6.45, 7) is 1.92. The van der Waals surface area contributed by atoms with Gasteiger partial charge < -0.3 is 10.5 Å². The van der Waals surface area contributed by atoms with E-state index in [-0.39, 0.29) is 11.9 Å². The fraction of sp³-hybridized carbons (Fsp3) is 0.400. The molecule has 1 aromatic carbocycles. The quantitative estimate of drug-likeness (QED) is 0.921. The standard InChI is InChI=1S/C15H17FN2O/c1-8(17)14-13(9-3-4-9)15(19-2)11-7-10(16)5-6-12(11)18-14/h5-9H,3-4,17H2,1-2H3/t8-/m0/s1. The van der Waals surface area contributed by atoms with Crippen molar-refractivity contribution in [3.63, 3.8) is 0 Å². The van der Waals surface area contributed by atoms with Crippen LogP contribution in [0.15, 0.2) is 18.2 Å². The number of nitrogens with zero attached hydrogens (tertiary/aromatic N) is 1. The summed E-state index contributed by atoms with van der Waals surface area (Å²) in [6, 6.07) is 4.42. The highest BCUT2D eigenvalue weighted by atomic mass is 19.1. The Bertz CT molecular complexity index is 636. The lowest BCUT2D eigenvalue weighted by atomic mass is 10.00. The number of ether oxygens (including phenoxy) is 1. The van der Waals surface area contributed by atoms with Crippen LogP contribution in [0.3, 0.4) is 0 Å². The van der Waals surface area contributed by atoms with Gasteiger partial charge in [0.1, 0.15) is 11.6 Å². The van der Waals surface area contributed by atoms with Gasteiger partial charge in [0.25, 0.3) is 0 Å². The largest absolute Gasteiger partial charge is 0.496 e. The van der Waals surface area contributed by atoms with E-state index in [9.17, 15) is 4.39 Å². The van der Waals surface area contributed by atoms with Crippen molar-refractivity contribution < 1.29 is 9.13 Å². The Balaban J connectivity index is 2.36. The second-order valence-electron chi connectivity index (χ2n) is 5.17. The van der Waals surface area contributed by atoms with E-state index in [2.05, 4.69) is 4.98 Å². The highest BCUT2D eigenvalue weighted by Crippen LogP contribution is 2.48. The van der Waals surface area contributed by atoms with Crippen molar-refractivity contribution in [3.8, 4) is 5.75 Å². The minimum Gasteiger partial charge on any atom is -0.496 e. The van der Waals surface area contributed by atoms with Gasteiger partial charge in [0.2, 0.25) is 0 Å². The Morgan fingerprint density at radius 2 is 2.16 bits per heavy atom. The molecule has 1 aromatic heterocycles. The van der Waals surface area contributed by atoms with Gasteiger partial charge in [0, 0.05) is 17.0 Å². The average molecular weight is 260 g/mol. The van der Waals surface area contributed by atoms with Crippen molar-refractivity contribution in [2.75, 3.05) is 7.11 Å². The van der Waals surface area contributed by atoms with E-state index in [4.69, 9.17) is 10.5 Å². The van der Waals surface area contributed by atoms with Crippen LogP contribution in [0.5, 0.6) is 5.75 Å². The number of hydrogen-bond donors (Lipinski definition) is 1. The van der Waals surface area contributed by atoms with Crippen molar-refractivity contribution in [1.29, 1.82) is 0 Å². The summed E-state index contributed by atoms with van der Waals surface area (Å²) in [6.07, 6.45) is 2.25. The Hall–Kier alpha value is -1.68. The van der Waals surface area contributed by atoms with Gasteiger partial charge in [-0.1, -0.05) is 0 Å². The number of aromatic nitrogens is 1. The van der Waals surface area contributed by atoms with E-state index < -0.39 is 0 Å². The molecule has 19 heavy (non-hydrogen) atoms. The van der Waals surface area contributed by atoms with Gasteiger partial charge in [-0.3, -0.25) is 4.98 Å². The number of benzene rings is 1. The van der Waals surface area contributed by atoms with Gasteiger partial charge in [-0.25, -0.2) is 4.39 Å². The normalized spacial score (nSPS) is 16.6. The second-order valence-corrected chi connectivity index (χ2v) is 5.17. The molecule has 0 amide bonds. The van der Waals surface area contributed by atoms with Crippen LogP contribution in [0, 0.1) is 5.82 Å². The number of fused-ring (bicyclic) bond motifs is 1. The van der Waals surface area contributed by atoms with Gasteiger partial charge >= 0.3 is 0 Å². The van der Waals surface area contributed by atoms with Crippen LogP contribution >= 0.6 is 0 Å². The Morgan fingerprint density at radius 1 is 1.42 bits per heavy atom. The minimum absolute atomic E-state index is 0.154. The lowest BCUT2D eigenvalue weighted by molar-refractivity contribution is 0.412. The third kappa shape index (κ3) is 2.06. The SMILES string of the molecule is COc1c(C2CC2)c([C@H](C)N)nc2ccc(F)cc12. The first-order valence-corrected chi connectivity index (χ1v) is 6.54. The molecular formula is C15H17FN2O. The zero-order valence-electron chi connectivity index (χ0n) is 11.1. The number of methoxy groups -OCH3 is 1. The summed E-state index contributed by atoms with van der Waals surface area (Å²) in [5.41, 5.74) is 8.70. The summed E-state index contributed by atoms with van der Waals surface area (Å²) in [5, 5.41) is 0.730. The highest BCUT2D eigenvalue weighted by molar-refractivity contribution is 5.87. The van der Waals surface area contributed by atoms with Gasteiger partial charge in [-0.15, -0.1) is 0 Å². The van der Waals surface area contributed by atoms with Gasteiger partial charge in [-0.05, 0) is 43.9 Å². The van der Waals surface area contributed by atoms with Crippen LogP contribution in [0.4, 0.5) is 4.39 Å². The molecule has 4 heteroatoms. The average Bonchev–Trinajstić information content (AvgIpc) is 3.20. The predicted octanol–water partition coefficient (Wildman–Crippen LogP) is 3.28. The van der Waals surface area contributed by atoms with Crippen LogP contribution in [0.2, 0.25) is 0 Å². The molecule has 0 aliphatic heterocycles. The minimum atomic E-state index is -0.275. The highest BCUT2D eigenvalue weighted by Gasteiger charge is 2.32. The third-order valence-corrected chi connectivity index (χ3v) is 3.59. The maximum Gasteiger partial charge on any atom is 0.133 e. The first-order valence-electron chi connectivity index (χ1n) is 6.54. The van der Waals surface area contributed by atoms with Crippen molar-refractivity contribution in [3.05, 3.63) is 35.3 Å². The van der Waals surface area contributed by atoms with Crippen molar-refractivity contribution >= 4 is 10.9 Å². The molecular weight excluding hydrogens is 243 g/mol. The summed E-state index contributed by atoms with van der Waals surface area (Å²) in [4.78, 5) is 4.61. The fourth-order valence-electron chi connectivity index (χ4n) is 2.57. The maximum atomic E-state index is 13.5. The van der Waals surface area contributed by atoms with E-state index in [0.29, 0.717) is 5.92 Å². The monoisotopic (exact) mass is 260 g/mol. The molecule has 0 unspecified atom stereocenters. The molecule has 1 aliphatic carbocycles. The number of nitrogens with two attached hydrogens (primary N) is 1. The molecule has 1 atom stereocenters. The Kier molecular flexibility index (Phi) is 2.90. The van der Waals surface area contributed by atoms with Crippen molar-refractivity contribution in [1.82, 2.24) is 4.98 Å². The molecule has 2 aromatic rings. The van der Waals surface area contributed by atoms with E-state index in [1.165, 1.54) is 12.1 Å². The van der Waals surface area contributed by atoms with Crippen LogP contribution in [0.25, 0.3) is 10.9 Å². The van der Waals surface area contributed by atoms with Gasteiger partial charge in [0.05, 0.1) is 18.3 Å². The molecule has 1 heterocycles. The summed E-state index contributed by atoms with van der Waals surface area (Å²) in [7, 11) is 1.62. The van der Waals surface area contributed by atoms with E-state index >= 15 is 0 Å². The molecule has 0 spiro atoms. The fourth-order valence-corrected chi connectivity index (χ4v) is 2.57. The summed E-state index contributed by atoms with van der Waals surface area (Å²) in [5.74, 6) is 0.915. The molecule has 2 N–H and O–H groups in total. The Labute approximate surface area is 111 Å². The maximum absolute atomic E-state index is 13.5. The zero-order chi connectivity index (χ0) is 13.6. The van der Waals surface area contributed by atoms with Crippen molar-refractivity contribution in [2.24, 2.45) is 5.73 Å². The second kappa shape index (κ2) is 4.46. The first kappa shape index (κ1) is 12.4. The summed E-state index contributed by atoms with van der Waals surface area (Å²) < 4.78 is 19.0. The molecule has 0 saturated heterocycles. The number of rotatable bonds is 3. The molecule has 1 saturated carbocycles. The topological polar surface area (TPSA) is 48.1 Å². The first-order chi connectivity index (χ1) is 9.11. The molecule has 0 radical (unpaired) electrons. The zero-order valence-corrected chi connectivity index (χ0v) is 11.1. The molecule has 100 valence electrons. The molecule has 0 bridgehead atoms. The Morgan fingerprint density at radius 3 is 2.74 bits per heavy atom. The number of hydrogen-bond acceptors (Lipinski definition) is 3. The molecule has 3 rings (SSSR count). The number of pyridine rings is 1. The van der Waals surface area contributed by atoms with E-state index in [1.807, 2.05) is 6.92 Å². The summed E-state index contributed by atoms with van der Waals surface area (Å²) >= 11 is 0. The van der Waals surface area contributed by atoms with Crippen molar-refractivity contribution in [2.45, 2.75) is 31.7 Å². The van der Waals surface area contributed by atoms with Crippen LogP contribution in [-0.2, 0) is 0 Å². The molecule has 1 fully saturated rings. The lowest BCUT2D eigenvalue weighted by Gasteiger charge is -2.17. The predicted molar refractivity (Wildman–Crippen MR) is 72.8 cm³/mol. The van der Waals surface area contributed by atoms with Gasteiger partial charge in [-0.2, -0.15) is 0 Å². The number of halogens is 1. The van der Waals surface area contributed by atoms with E-state index in [1.54, 1.807) is 13.2 Å². The smallest absolute Gasteiger partial charge is 0.133 e. The molecule has 1 aliphatic rings. The molecule has 3 nitrogen and oxygen atoms in total. The van der Waals surface area contributed by atoms with Crippen LogP contribution in [0.1, 0.15) is 43.0 Å². The van der Waals surface area contributed by atoms with Gasteiger partial charge in [0.15, 0.2) is 0 Å². The lowest BCUT2D eigenvalue weighted by Crippen LogP contribution is -2.12. The third-order valence-electron chi connectivity index (χ3n) is 3.59. The van der Waals surface area contributed by atoms with Crippen LogP contribution < -0.4 is 10.5 Å². The van der Waals surface area contributed by atoms with Crippen LogP contribution in [-0.4, -0.2) is 12.1 Å².